The minimum absolute atomic E-state index is 0.0516. The highest BCUT2D eigenvalue weighted by molar-refractivity contribution is 7.75. The molecule has 5 heteroatoms. The quantitative estimate of drug-likeness (QED) is 0.826. The molecule has 2 aromatic rings. The number of fused-ring (bicyclic) bond motifs is 3. The van der Waals surface area contributed by atoms with E-state index in [0.717, 1.165) is 11.1 Å². The number of hydrogen-bond acceptors (Lipinski definition) is 4. The van der Waals surface area contributed by atoms with Crippen molar-refractivity contribution in [2.24, 2.45) is 0 Å². The van der Waals surface area contributed by atoms with Crippen molar-refractivity contribution in [3.05, 3.63) is 36.4 Å². The fourth-order valence-corrected chi connectivity index (χ4v) is 4.96. The zero-order chi connectivity index (χ0) is 13.6. The Balaban J connectivity index is 2.35. The molecule has 1 aliphatic heterocycles. The number of rotatable bonds is 2. The lowest BCUT2D eigenvalue weighted by Gasteiger charge is -2.14. The van der Waals surface area contributed by atoms with Crippen LogP contribution in [-0.4, -0.2) is 16.8 Å². The standard InChI is InChI=1S/C14H13O4P/c1-2-18-19(17)13-7-9(15)3-5-11(13)12-6-4-10(16)8-14(12)19/h3-8,15-16H,2H2,1H3. The minimum Gasteiger partial charge on any atom is -0.508 e. The second kappa shape index (κ2) is 4.12. The molecule has 0 fully saturated rings. The highest BCUT2D eigenvalue weighted by atomic mass is 31.2. The van der Waals surface area contributed by atoms with Crippen LogP contribution in [0.25, 0.3) is 11.1 Å². The van der Waals surface area contributed by atoms with E-state index >= 15 is 0 Å². The first-order valence-electron chi connectivity index (χ1n) is 5.98. The topological polar surface area (TPSA) is 66.8 Å². The van der Waals surface area contributed by atoms with Crippen molar-refractivity contribution in [1.82, 2.24) is 0 Å². The summed E-state index contributed by atoms with van der Waals surface area (Å²) in [6.07, 6.45) is 0. The summed E-state index contributed by atoms with van der Waals surface area (Å²) >= 11 is 0. The predicted octanol–water partition coefficient (Wildman–Crippen LogP) is 2.34. The van der Waals surface area contributed by atoms with Crippen molar-refractivity contribution in [3.8, 4) is 22.6 Å². The van der Waals surface area contributed by atoms with Crippen LogP contribution in [0.5, 0.6) is 11.5 Å². The fourth-order valence-electron chi connectivity index (χ4n) is 2.43. The van der Waals surface area contributed by atoms with Crippen LogP contribution >= 0.6 is 7.37 Å². The molecule has 0 saturated carbocycles. The van der Waals surface area contributed by atoms with Crippen molar-refractivity contribution in [1.29, 1.82) is 0 Å². The van der Waals surface area contributed by atoms with Gasteiger partial charge in [0.05, 0.1) is 17.2 Å². The maximum absolute atomic E-state index is 13.1. The van der Waals surface area contributed by atoms with E-state index in [4.69, 9.17) is 4.52 Å². The summed E-state index contributed by atoms with van der Waals surface area (Å²) in [5, 5.41) is 20.2. The molecule has 4 nitrogen and oxygen atoms in total. The number of phenols is 2. The van der Waals surface area contributed by atoms with Gasteiger partial charge in [-0.05, 0) is 54.4 Å². The summed E-state index contributed by atoms with van der Waals surface area (Å²) in [5.74, 6) is 0.103. The molecule has 3 rings (SSSR count). The molecule has 0 amide bonds. The van der Waals surface area contributed by atoms with Gasteiger partial charge in [0, 0.05) is 0 Å². The van der Waals surface area contributed by atoms with Crippen LogP contribution in [0.2, 0.25) is 0 Å². The Morgan fingerprint density at radius 2 is 1.47 bits per heavy atom. The summed E-state index contributed by atoms with van der Waals surface area (Å²) in [7, 11) is -3.22. The van der Waals surface area contributed by atoms with Crippen molar-refractivity contribution in [2.45, 2.75) is 6.92 Å². The van der Waals surface area contributed by atoms with Gasteiger partial charge >= 0.3 is 0 Å². The van der Waals surface area contributed by atoms with E-state index in [1.165, 1.54) is 12.1 Å². The Hall–Kier alpha value is -1.77. The molecule has 1 heterocycles. The largest absolute Gasteiger partial charge is 0.508 e. The first-order valence-corrected chi connectivity index (χ1v) is 7.61. The molecule has 2 N–H and O–H groups in total. The van der Waals surface area contributed by atoms with Crippen LogP contribution in [0.3, 0.4) is 0 Å². The molecular weight excluding hydrogens is 263 g/mol. The Bertz CT molecular complexity index is 653. The molecule has 0 aliphatic carbocycles. The van der Waals surface area contributed by atoms with Crippen molar-refractivity contribution in [2.75, 3.05) is 6.61 Å². The van der Waals surface area contributed by atoms with Gasteiger partial charge in [-0.3, -0.25) is 4.57 Å². The lowest BCUT2D eigenvalue weighted by molar-refractivity contribution is 0.348. The zero-order valence-electron chi connectivity index (χ0n) is 10.3. The Labute approximate surface area is 110 Å². The van der Waals surface area contributed by atoms with Crippen LogP contribution < -0.4 is 10.6 Å². The van der Waals surface area contributed by atoms with Crippen molar-refractivity contribution >= 4 is 18.0 Å². The first-order chi connectivity index (χ1) is 9.06. The molecule has 0 bridgehead atoms. The van der Waals surface area contributed by atoms with Crippen LogP contribution in [-0.2, 0) is 9.09 Å². The predicted molar refractivity (Wildman–Crippen MR) is 73.7 cm³/mol. The molecule has 19 heavy (non-hydrogen) atoms. The third-order valence-corrected chi connectivity index (χ3v) is 5.83. The maximum Gasteiger partial charge on any atom is 0.262 e. The lowest BCUT2D eigenvalue weighted by atomic mass is 10.1. The Kier molecular flexibility index (Phi) is 2.66. The summed E-state index contributed by atoms with van der Waals surface area (Å²) in [6, 6.07) is 9.50. The number of hydrogen-bond donors (Lipinski definition) is 2. The second-order valence-electron chi connectivity index (χ2n) is 4.37. The van der Waals surface area contributed by atoms with Gasteiger partial charge in [0.1, 0.15) is 11.5 Å². The van der Waals surface area contributed by atoms with E-state index in [2.05, 4.69) is 0 Å². The zero-order valence-corrected chi connectivity index (χ0v) is 11.2. The second-order valence-corrected chi connectivity index (χ2v) is 6.70. The summed E-state index contributed by atoms with van der Waals surface area (Å²) in [4.78, 5) is 0. The van der Waals surface area contributed by atoms with Crippen molar-refractivity contribution < 1.29 is 19.3 Å². The van der Waals surface area contributed by atoms with E-state index in [1.807, 2.05) is 0 Å². The molecule has 2 aromatic carbocycles. The SMILES string of the molecule is CCOP1(=O)c2cc(O)ccc2-c2ccc(O)cc21. The average molecular weight is 276 g/mol. The molecule has 0 spiro atoms. The normalized spacial score (nSPS) is 15.0. The smallest absolute Gasteiger partial charge is 0.262 e. The van der Waals surface area contributed by atoms with Crippen LogP contribution in [0, 0.1) is 0 Å². The van der Waals surface area contributed by atoms with Crippen LogP contribution in [0.4, 0.5) is 0 Å². The molecule has 0 saturated heterocycles. The fraction of sp³-hybridized carbons (Fsp3) is 0.143. The summed E-state index contributed by atoms with van der Waals surface area (Å²) < 4.78 is 18.6. The molecule has 98 valence electrons. The number of phenolic OH excluding ortho intramolecular Hbond substituents is 2. The number of benzene rings is 2. The molecule has 0 atom stereocenters. The van der Waals surface area contributed by atoms with Gasteiger partial charge in [-0.25, -0.2) is 0 Å². The summed E-state index contributed by atoms with van der Waals surface area (Å²) in [6.45, 7) is 2.06. The number of aromatic hydroxyl groups is 2. The molecule has 1 aliphatic rings. The molecular formula is C14H13O4P. The highest BCUT2D eigenvalue weighted by Crippen LogP contribution is 2.54. The van der Waals surface area contributed by atoms with Gasteiger partial charge in [-0.1, -0.05) is 0 Å². The average Bonchev–Trinajstić information content (AvgIpc) is 2.60. The van der Waals surface area contributed by atoms with Gasteiger partial charge in [-0.2, -0.15) is 0 Å². The Morgan fingerprint density at radius 1 is 1.00 bits per heavy atom. The molecule has 0 radical (unpaired) electrons. The third kappa shape index (κ3) is 1.68. The van der Waals surface area contributed by atoms with Gasteiger partial charge < -0.3 is 14.7 Å². The first kappa shape index (κ1) is 12.3. The van der Waals surface area contributed by atoms with Gasteiger partial charge in [-0.15, -0.1) is 0 Å². The van der Waals surface area contributed by atoms with Gasteiger partial charge in [0.15, 0.2) is 0 Å². The molecule has 0 aromatic heterocycles. The van der Waals surface area contributed by atoms with E-state index < -0.39 is 7.37 Å². The van der Waals surface area contributed by atoms with Crippen LogP contribution in [0.1, 0.15) is 6.92 Å². The lowest BCUT2D eigenvalue weighted by Crippen LogP contribution is -2.12. The Morgan fingerprint density at radius 3 is 1.89 bits per heavy atom. The third-order valence-electron chi connectivity index (χ3n) is 3.20. The monoisotopic (exact) mass is 276 g/mol. The van der Waals surface area contributed by atoms with E-state index in [9.17, 15) is 14.8 Å². The van der Waals surface area contributed by atoms with Crippen LogP contribution in [0.15, 0.2) is 36.4 Å². The van der Waals surface area contributed by atoms with E-state index in [1.54, 1.807) is 31.2 Å². The summed E-state index contributed by atoms with van der Waals surface area (Å²) in [5.41, 5.74) is 1.56. The van der Waals surface area contributed by atoms with E-state index in [0.29, 0.717) is 17.2 Å². The maximum atomic E-state index is 13.1. The minimum atomic E-state index is -3.22. The van der Waals surface area contributed by atoms with Crippen molar-refractivity contribution in [3.63, 3.8) is 0 Å². The van der Waals surface area contributed by atoms with Gasteiger partial charge in [0.2, 0.25) is 0 Å². The van der Waals surface area contributed by atoms with E-state index in [-0.39, 0.29) is 11.5 Å². The van der Waals surface area contributed by atoms with Gasteiger partial charge in [0.25, 0.3) is 7.37 Å². The highest BCUT2D eigenvalue weighted by Gasteiger charge is 2.40. The molecule has 0 unspecified atom stereocenters.